The number of nitrogens with one attached hydrogen (secondary N) is 1. The van der Waals surface area contributed by atoms with Gasteiger partial charge in [-0.25, -0.2) is 14.4 Å². The quantitative estimate of drug-likeness (QED) is 0.297. The predicted octanol–water partition coefficient (Wildman–Crippen LogP) is 7.94. The Hall–Kier alpha value is -2.80. The molecule has 3 heterocycles. The number of thioether (sulfide) groups is 1. The number of aromatic nitrogens is 2. The molecule has 184 valence electrons. The molecule has 36 heavy (non-hydrogen) atoms. The van der Waals surface area contributed by atoms with Crippen molar-refractivity contribution in [1.82, 2.24) is 20.0 Å². The maximum Gasteiger partial charge on any atom is 0.129 e. The van der Waals surface area contributed by atoms with Gasteiger partial charge < -0.3 is 4.98 Å². The van der Waals surface area contributed by atoms with E-state index in [0.29, 0.717) is 0 Å². The fraction of sp³-hybridized carbons (Fsp3) is 0.276. The molecule has 1 unspecified atom stereocenters. The molecule has 0 radical (unpaired) electrons. The van der Waals surface area contributed by atoms with Crippen LogP contribution in [-0.2, 0) is 5.54 Å². The lowest BCUT2D eigenvalue weighted by molar-refractivity contribution is -0.0533. The van der Waals surface area contributed by atoms with Crippen LogP contribution in [0.4, 0.5) is 4.39 Å². The van der Waals surface area contributed by atoms with Crippen molar-refractivity contribution < 1.29 is 4.39 Å². The Bertz CT molecular complexity index is 1480. The third kappa shape index (κ3) is 3.92. The summed E-state index contributed by atoms with van der Waals surface area (Å²) in [7, 11) is 0. The predicted molar refractivity (Wildman–Crippen MR) is 147 cm³/mol. The van der Waals surface area contributed by atoms with E-state index in [9.17, 15) is 4.39 Å². The molecule has 1 aromatic heterocycles. The number of hydrazine groups is 1. The molecule has 4 nitrogen and oxygen atoms in total. The van der Waals surface area contributed by atoms with Crippen molar-refractivity contribution in [1.29, 1.82) is 0 Å². The van der Waals surface area contributed by atoms with E-state index < -0.39 is 0 Å². The molecule has 3 aromatic carbocycles. The molecule has 0 bridgehead atoms. The molecule has 2 aliphatic heterocycles. The van der Waals surface area contributed by atoms with Crippen LogP contribution in [0.5, 0.6) is 0 Å². The van der Waals surface area contributed by atoms with Gasteiger partial charge in [-0.2, -0.15) is 0 Å². The van der Waals surface area contributed by atoms with Crippen LogP contribution in [0.2, 0.25) is 5.02 Å². The summed E-state index contributed by atoms with van der Waals surface area (Å²) in [5.41, 5.74) is 6.13. The first-order chi connectivity index (χ1) is 17.3. The molecule has 2 atom stereocenters. The van der Waals surface area contributed by atoms with Crippen molar-refractivity contribution in [3.63, 3.8) is 0 Å². The van der Waals surface area contributed by atoms with Gasteiger partial charge in [-0.3, -0.25) is 5.01 Å². The van der Waals surface area contributed by atoms with E-state index in [4.69, 9.17) is 16.6 Å². The molecule has 1 N–H and O–H groups in total. The van der Waals surface area contributed by atoms with Crippen molar-refractivity contribution in [3.8, 4) is 0 Å². The average Bonchev–Trinajstić information content (AvgIpc) is 3.59. The van der Waals surface area contributed by atoms with Crippen LogP contribution < -0.4 is 0 Å². The molecule has 0 saturated carbocycles. The number of fused-ring (bicyclic) bond motifs is 1. The summed E-state index contributed by atoms with van der Waals surface area (Å²) in [6, 6.07) is 19.4. The summed E-state index contributed by atoms with van der Waals surface area (Å²) in [5, 5.41) is 5.63. The number of rotatable bonds is 4. The van der Waals surface area contributed by atoms with E-state index in [1.807, 2.05) is 31.2 Å². The summed E-state index contributed by atoms with van der Waals surface area (Å²) in [4.78, 5) is 9.80. The molecule has 1 fully saturated rings. The minimum atomic E-state index is -0.310. The number of benzene rings is 3. The fourth-order valence-corrected chi connectivity index (χ4v) is 6.79. The molecule has 0 spiro atoms. The van der Waals surface area contributed by atoms with Crippen LogP contribution in [0.25, 0.3) is 15.9 Å². The number of hydrogen-bond donors (Lipinski definition) is 1. The number of halogens is 2. The first-order valence-corrected chi connectivity index (χ1v) is 13.5. The molecule has 4 aromatic rings. The van der Waals surface area contributed by atoms with Crippen LogP contribution in [0, 0.1) is 19.7 Å². The first-order valence-electron chi connectivity index (χ1n) is 12.3. The second kappa shape index (κ2) is 8.94. The normalized spacial score (nSPS) is 22.5. The lowest BCUT2D eigenvalue weighted by Gasteiger charge is -2.42. The summed E-state index contributed by atoms with van der Waals surface area (Å²) >= 11 is 8.21. The third-order valence-corrected chi connectivity index (χ3v) is 9.13. The van der Waals surface area contributed by atoms with Gasteiger partial charge in [-0.05, 0) is 74.6 Å². The number of aromatic amines is 1. The van der Waals surface area contributed by atoms with Gasteiger partial charge in [0.2, 0.25) is 0 Å². The molecule has 0 amide bonds. The monoisotopic (exact) mass is 518 g/mol. The average molecular weight is 519 g/mol. The highest BCUT2D eigenvalue weighted by Crippen LogP contribution is 2.52. The van der Waals surface area contributed by atoms with Gasteiger partial charge in [0.15, 0.2) is 0 Å². The summed E-state index contributed by atoms with van der Waals surface area (Å²) in [5.74, 6) is 0.735. The Morgan fingerprint density at radius 3 is 2.69 bits per heavy atom. The van der Waals surface area contributed by atoms with Gasteiger partial charge >= 0.3 is 0 Å². The van der Waals surface area contributed by atoms with Gasteiger partial charge in [-0.1, -0.05) is 65.3 Å². The number of imidazole rings is 1. The maximum atomic E-state index is 13.6. The smallest absolute Gasteiger partial charge is 0.129 e. The molecule has 6 rings (SSSR count). The van der Waals surface area contributed by atoms with Gasteiger partial charge in [0.05, 0.1) is 16.6 Å². The minimum absolute atomic E-state index is 0.0722. The largest absolute Gasteiger partial charge is 0.340 e. The SMILES string of the molecule is Cc1cccc(C2SC(c3ccc(F)cc3)=CN2N2CCC[C@@]2(C)c2nc3c(C)c(Cl)ccc3[nH]2)c1. The topological polar surface area (TPSA) is 35.2 Å². The van der Waals surface area contributed by atoms with Gasteiger partial charge in [0, 0.05) is 22.7 Å². The summed E-state index contributed by atoms with van der Waals surface area (Å²) < 4.78 is 13.6. The number of hydrogen-bond acceptors (Lipinski definition) is 4. The fourth-order valence-electron chi connectivity index (χ4n) is 5.39. The molecule has 7 heteroatoms. The highest BCUT2D eigenvalue weighted by molar-refractivity contribution is 8.08. The Labute approximate surface area is 220 Å². The van der Waals surface area contributed by atoms with Crippen molar-refractivity contribution in [2.45, 2.75) is 44.5 Å². The van der Waals surface area contributed by atoms with E-state index in [1.54, 1.807) is 11.8 Å². The molecular weight excluding hydrogens is 491 g/mol. The summed E-state index contributed by atoms with van der Waals surface area (Å²) in [6.45, 7) is 7.34. The zero-order chi connectivity index (χ0) is 25.0. The van der Waals surface area contributed by atoms with Crippen LogP contribution in [0.1, 0.15) is 53.2 Å². The number of nitrogens with zero attached hydrogens (tertiary/aromatic N) is 3. The zero-order valence-corrected chi connectivity index (χ0v) is 22.1. The Morgan fingerprint density at radius 2 is 1.92 bits per heavy atom. The van der Waals surface area contributed by atoms with Gasteiger partial charge in [-0.15, -0.1) is 0 Å². The first kappa shape index (κ1) is 23.6. The van der Waals surface area contributed by atoms with Crippen molar-refractivity contribution in [2.24, 2.45) is 0 Å². The highest BCUT2D eigenvalue weighted by atomic mass is 35.5. The molecule has 2 aliphatic rings. The van der Waals surface area contributed by atoms with Crippen molar-refractivity contribution in [3.05, 3.63) is 106 Å². The van der Waals surface area contributed by atoms with Crippen LogP contribution in [-0.4, -0.2) is 26.5 Å². The third-order valence-electron chi connectivity index (χ3n) is 7.42. The number of aryl methyl sites for hydroxylation is 2. The lowest BCUT2D eigenvalue weighted by Crippen LogP contribution is -2.48. The van der Waals surface area contributed by atoms with Crippen LogP contribution in [0.15, 0.2) is 66.9 Å². The van der Waals surface area contributed by atoms with Crippen LogP contribution >= 0.6 is 23.4 Å². The Morgan fingerprint density at radius 1 is 1.11 bits per heavy atom. The summed E-state index contributed by atoms with van der Waals surface area (Å²) in [6.07, 6.45) is 4.27. The molecule has 1 saturated heterocycles. The van der Waals surface area contributed by atoms with Crippen LogP contribution in [0.3, 0.4) is 0 Å². The van der Waals surface area contributed by atoms with E-state index >= 15 is 0 Å². The van der Waals surface area contributed by atoms with E-state index in [2.05, 4.69) is 59.3 Å². The van der Waals surface area contributed by atoms with E-state index in [1.165, 1.54) is 23.3 Å². The van der Waals surface area contributed by atoms with E-state index in [-0.39, 0.29) is 16.7 Å². The second-order valence-corrected chi connectivity index (χ2v) is 11.4. The van der Waals surface area contributed by atoms with Gasteiger partial charge in [0.1, 0.15) is 17.0 Å². The van der Waals surface area contributed by atoms with Crippen molar-refractivity contribution >= 4 is 39.3 Å². The minimum Gasteiger partial charge on any atom is -0.340 e. The zero-order valence-electron chi connectivity index (χ0n) is 20.6. The van der Waals surface area contributed by atoms with Gasteiger partial charge in [0.25, 0.3) is 0 Å². The maximum absolute atomic E-state index is 13.6. The second-order valence-electron chi connectivity index (χ2n) is 9.92. The highest BCUT2D eigenvalue weighted by Gasteiger charge is 2.47. The Balaban J connectivity index is 1.44. The standard InChI is InChI=1S/C29H28ClFN4S/c1-18-6-4-7-21(16-18)27-34(17-25(36-27)20-8-10-22(31)11-9-20)35-15-5-14-29(35,3)28-32-24-13-12-23(30)19(2)26(24)33-28/h4,6-13,16-17,27H,5,14-15H2,1-3H3,(H,32,33)/t27?,29-/m0/s1. The molecular formula is C29H28ClFN4S. The Kier molecular flexibility index (Phi) is 5.86. The molecule has 0 aliphatic carbocycles. The number of H-pyrrole nitrogens is 1. The lowest BCUT2D eigenvalue weighted by atomic mass is 9.99. The van der Waals surface area contributed by atoms with E-state index in [0.717, 1.165) is 57.3 Å². The van der Waals surface area contributed by atoms with Crippen molar-refractivity contribution in [2.75, 3.05) is 6.54 Å².